The van der Waals surface area contributed by atoms with E-state index in [1.54, 1.807) is 0 Å². The molecule has 0 radical (unpaired) electrons. The molecule has 3 nitrogen and oxygen atoms in total. The molecule has 2 fully saturated rings. The summed E-state index contributed by atoms with van der Waals surface area (Å²) in [6.07, 6.45) is 1.28. The third kappa shape index (κ3) is 1.38. The van der Waals surface area contributed by atoms with Gasteiger partial charge in [-0.3, -0.25) is 0 Å². The van der Waals surface area contributed by atoms with Gasteiger partial charge in [0.05, 0.1) is 11.3 Å². The highest BCUT2D eigenvalue weighted by molar-refractivity contribution is 5.61. The van der Waals surface area contributed by atoms with Crippen LogP contribution in [0.15, 0.2) is 24.3 Å². The van der Waals surface area contributed by atoms with Crippen molar-refractivity contribution in [2.75, 3.05) is 31.1 Å². The number of hydrogen-bond acceptors (Lipinski definition) is 3. The fourth-order valence-electron chi connectivity index (χ4n) is 2.84. The lowest BCUT2D eigenvalue weighted by atomic mass is 9.78. The van der Waals surface area contributed by atoms with Crippen LogP contribution in [0.1, 0.15) is 12.0 Å². The van der Waals surface area contributed by atoms with E-state index in [1.165, 1.54) is 6.42 Å². The average Bonchev–Trinajstić information content (AvgIpc) is 2.76. The van der Waals surface area contributed by atoms with Crippen molar-refractivity contribution in [2.24, 2.45) is 5.41 Å². The Balaban J connectivity index is 1.79. The van der Waals surface area contributed by atoms with Crippen LogP contribution in [0.25, 0.3) is 0 Å². The molecule has 3 heteroatoms. The Labute approximate surface area is 95.7 Å². The van der Waals surface area contributed by atoms with E-state index >= 15 is 0 Å². The van der Waals surface area contributed by atoms with Gasteiger partial charge >= 0.3 is 0 Å². The number of nitrogens with zero attached hydrogens (tertiary/aromatic N) is 2. The van der Waals surface area contributed by atoms with Gasteiger partial charge in [0.15, 0.2) is 0 Å². The summed E-state index contributed by atoms with van der Waals surface area (Å²) < 4.78 is 0. The molecule has 0 aliphatic carbocycles. The zero-order chi connectivity index (χ0) is 11.0. The van der Waals surface area contributed by atoms with Gasteiger partial charge in [0.1, 0.15) is 6.07 Å². The van der Waals surface area contributed by atoms with E-state index in [1.807, 2.05) is 24.3 Å². The summed E-state index contributed by atoms with van der Waals surface area (Å²) in [5.41, 5.74) is 2.38. The Bertz CT molecular complexity index is 433. The van der Waals surface area contributed by atoms with Crippen LogP contribution in [0, 0.1) is 16.7 Å². The molecule has 2 aliphatic heterocycles. The Morgan fingerprint density at radius 1 is 1.31 bits per heavy atom. The van der Waals surface area contributed by atoms with Gasteiger partial charge in [0.2, 0.25) is 0 Å². The molecule has 2 aliphatic rings. The van der Waals surface area contributed by atoms with Crippen molar-refractivity contribution in [1.29, 1.82) is 5.26 Å². The van der Waals surface area contributed by atoms with Crippen LogP contribution >= 0.6 is 0 Å². The second-order valence-corrected chi connectivity index (χ2v) is 4.91. The lowest BCUT2D eigenvalue weighted by Gasteiger charge is -2.49. The highest BCUT2D eigenvalue weighted by Gasteiger charge is 2.45. The minimum absolute atomic E-state index is 0.489. The molecule has 3 rings (SSSR count). The molecule has 2 saturated heterocycles. The predicted octanol–water partition coefficient (Wildman–Crippen LogP) is 1.36. The second kappa shape index (κ2) is 3.50. The van der Waals surface area contributed by atoms with E-state index in [0.29, 0.717) is 5.41 Å². The van der Waals surface area contributed by atoms with E-state index in [-0.39, 0.29) is 0 Å². The number of nitrogens with one attached hydrogen (secondary N) is 1. The SMILES string of the molecule is N#Cc1ccccc1N1CC2(CCNC2)C1. The Morgan fingerprint density at radius 3 is 2.81 bits per heavy atom. The highest BCUT2D eigenvalue weighted by Crippen LogP contribution is 2.39. The number of hydrogen-bond donors (Lipinski definition) is 1. The van der Waals surface area contributed by atoms with Crippen LogP contribution in [-0.2, 0) is 0 Å². The summed E-state index contributed by atoms with van der Waals surface area (Å²) in [6.45, 7) is 4.48. The van der Waals surface area contributed by atoms with Crippen LogP contribution < -0.4 is 10.2 Å². The molecule has 1 N–H and O–H groups in total. The maximum absolute atomic E-state index is 9.05. The fraction of sp³-hybridized carbons (Fsp3) is 0.462. The third-order valence-corrected chi connectivity index (χ3v) is 3.75. The molecule has 1 spiro atoms. The third-order valence-electron chi connectivity index (χ3n) is 3.75. The summed E-state index contributed by atoms with van der Waals surface area (Å²) in [5.74, 6) is 0. The maximum atomic E-state index is 9.05. The van der Waals surface area contributed by atoms with E-state index in [0.717, 1.165) is 37.4 Å². The van der Waals surface area contributed by atoms with Crippen molar-refractivity contribution >= 4 is 5.69 Å². The van der Waals surface area contributed by atoms with E-state index in [9.17, 15) is 0 Å². The van der Waals surface area contributed by atoms with Gasteiger partial charge in [0, 0.05) is 25.0 Å². The maximum Gasteiger partial charge on any atom is 0.101 e. The molecule has 0 aromatic heterocycles. The van der Waals surface area contributed by atoms with Gasteiger partial charge in [-0.25, -0.2) is 0 Å². The lowest BCUT2D eigenvalue weighted by Crippen LogP contribution is -2.57. The van der Waals surface area contributed by atoms with Gasteiger partial charge in [-0.1, -0.05) is 12.1 Å². The molecule has 1 aromatic carbocycles. The van der Waals surface area contributed by atoms with Crippen LogP contribution in [0.2, 0.25) is 0 Å². The second-order valence-electron chi connectivity index (χ2n) is 4.91. The Kier molecular flexibility index (Phi) is 2.12. The fourth-order valence-corrected chi connectivity index (χ4v) is 2.84. The van der Waals surface area contributed by atoms with Crippen molar-refractivity contribution in [3.05, 3.63) is 29.8 Å². The summed E-state index contributed by atoms with van der Waals surface area (Å²) >= 11 is 0. The van der Waals surface area contributed by atoms with Crippen molar-refractivity contribution in [3.63, 3.8) is 0 Å². The first-order valence-electron chi connectivity index (χ1n) is 5.78. The number of anilines is 1. The standard InChI is InChI=1S/C13H15N3/c14-7-11-3-1-2-4-12(11)16-9-13(10-16)5-6-15-8-13/h1-4,15H,5-6,8-10H2. The van der Waals surface area contributed by atoms with Crippen LogP contribution in [0.4, 0.5) is 5.69 Å². The van der Waals surface area contributed by atoms with Gasteiger partial charge in [-0.05, 0) is 25.1 Å². The zero-order valence-corrected chi connectivity index (χ0v) is 9.24. The zero-order valence-electron chi connectivity index (χ0n) is 9.24. The van der Waals surface area contributed by atoms with E-state index in [2.05, 4.69) is 16.3 Å². The number of para-hydroxylation sites is 1. The molecule has 2 heterocycles. The van der Waals surface area contributed by atoms with Crippen LogP contribution in [-0.4, -0.2) is 26.2 Å². The first-order valence-corrected chi connectivity index (χ1v) is 5.78. The molecular weight excluding hydrogens is 198 g/mol. The molecule has 1 aromatic rings. The number of rotatable bonds is 1. The largest absolute Gasteiger partial charge is 0.369 e. The molecule has 82 valence electrons. The van der Waals surface area contributed by atoms with E-state index < -0.39 is 0 Å². The van der Waals surface area contributed by atoms with Gasteiger partial charge in [-0.15, -0.1) is 0 Å². The molecular formula is C13H15N3. The first kappa shape index (κ1) is 9.68. The summed E-state index contributed by atoms with van der Waals surface area (Å²) in [6, 6.07) is 10.1. The minimum atomic E-state index is 0.489. The van der Waals surface area contributed by atoms with Crippen LogP contribution in [0.3, 0.4) is 0 Å². The topological polar surface area (TPSA) is 39.1 Å². The normalized spacial score (nSPS) is 21.8. The van der Waals surface area contributed by atoms with E-state index in [4.69, 9.17) is 5.26 Å². The molecule has 0 atom stereocenters. The van der Waals surface area contributed by atoms with Crippen LogP contribution in [0.5, 0.6) is 0 Å². The Morgan fingerprint density at radius 2 is 2.12 bits per heavy atom. The first-order chi connectivity index (χ1) is 7.83. The molecule has 0 unspecified atom stereocenters. The minimum Gasteiger partial charge on any atom is -0.369 e. The highest BCUT2D eigenvalue weighted by atomic mass is 15.2. The smallest absolute Gasteiger partial charge is 0.101 e. The molecule has 0 bridgehead atoms. The number of benzene rings is 1. The molecule has 16 heavy (non-hydrogen) atoms. The van der Waals surface area contributed by atoms with Crippen molar-refractivity contribution < 1.29 is 0 Å². The summed E-state index contributed by atoms with van der Waals surface area (Å²) in [7, 11) is 0. The quantitative estimate of drug-likeness (QED) is 0.765. The molecule has 0 amide bonds. The lowest BCUT2D eigenvalue weighted by molar-refractivity contribution is 0.243. The van der Waals surface area contributed by atoms with Crippen molar-refractivity contribution in [2.45, 2.75) is 6.42 Å². The monoisotopic (exact) mass is 213 g/mol. The Hall–Kier alpha value is -1.53. The predicted molar refractivity (Wildman–Crippen MR) is 63.3 cm³/mol. The van der Waals surface area contributed by atoms with Gasteiger partial charge < -0.3 is 10.2 Å². The average molecular weight is 213 g/mol. The number of nitriles is 1. The van der Waals surface area contributed by atoms with Gasteiger partial charge in [0.25, 0.3) is 0 Å². The van der Waals surface area contributed by atoms with Gasteiger partial charge in [-0.2, -0.15) is 5.26 Å². The van der Waals surface area contributed by atoms with Crippen molar-refractivity contribution in [1.82, 2.24) is 5.32 Å². The van der Waals surface area contributed by atoms with Crippen molar-refractivity contribution in [3.8, 4) is 6.07 Å². The summed E-state index contributed by atoms with van der Waals surface area (Å²) in [4.78, 5) is 2.32. The summed E-state index contributed by atoms with van der Waals surface area (Å²) in [5, 5.41) is 12.5. The molecule has 0 saturated carbocycles.